The van der Waals surface area contributed by atoms with Crippen molar-refractivity contribution in [2.24, 2.45) is 5.73 Å². The zero-order chi connectivity index (χ0) is 24.4. The second-order valence-electron chi connectivity index (χ2n) is 7.76. The van der Waals surface area contributed by atoms with Crippen LogP contribution in [0.3, 0.4) is 0 Å². The molecule has 0 atom stereocenters. The molecule has 10 heteroatoms. The highest BCUT2D eigenvalue weighted by Crippen LogP contribution is 2.24. The lowest BCUT2D eigenvalue weighted by molar-refractivity contribution is 0.0997. The van der Waals surface area contributed by atoms with Gasteiger partial charge >= 0.3 is 0 Å². The maximum atomic E-state index is 13.1. The molecule has 5 aromatic rings. The van der Waals surface area contributed by atoms with Crippen molar-refractivity contribution in [2.75, 3.05) is 5.32 Å². The Morgan fingerprint density at radius 3 is 2.74 bits per heavy atom. The van der Waals surface area contributed by atoms with Gasteiger partial charge < -0.3 is 15.8 Å². The van der Waals surface area contributed by atoms with Gasteiger partial charge in [-0.2, -0.15) is 5.10 Å². The first kappa shape index (κ1) is 22.2. The molecule has 0 aliphatic rings. The maximum absolute atomic E-state index is 13.1. The molecule has 0 fully saturated rings. The number of fused-ring (bicyclic) bond motifs is 1. The van der Waals surface area contributed by atoms with Crippen molar-refractivity contribution in [3.63, 3.8) is 0 Å². The van der Waals surface area contributed by atoms with E-state index in [0.717, 1.165) is 10.6 Å². The Kier molecular flexibility index (Phi) is 5.94. The fourth-order valence-electron chi connectivity index (χ4n) is 3.57. The summed E-state index contributed by atoms with van der Waals surface area (Å²) in [6.45, 7) is 2.44. The number of benzene rings is 1. The van der Waals surface area contributed by atoms with Gasteiger partial charge in [-0.1, -0.05) is 12.1 Å². The summed E-state index contributed by atoms with van der Waals surface area (Å²) < 4.78 is 7.48. The molecule has 1 aromatic carbocycles. The first-order valence-electron chi connectivity index (χ1n) is 10.7. The number of aromatic nitrogens is 4. The number of primary amides is 1. The van der Waals surface area contributed by atoms with Crippen LogP contribution in [0.25, 0.3) is 11.0 Å². The SMILES string of the molecule is Cc1cc(C(=O)Nc2ccc(Oc3cccc(C(N)=O)c3)nc2)c2cnn(Cc3cccs3)c2n1. The number of anilines is 1. The van der Waals surface area contributed by atoms with Gasteiger partial charge in [-0.3, -0.25) is 9.59 Å². The minimum absolute atomic E-state index is 0.291. The number of nitrogens with two attached hydrogens (primary N) is 1. The van der Waals surface area contributed by atoms with Crippen molar-refractivity contribution in [1.29, 1.82) is 0 Å². The van der Waals surface area contributed by atoms with Gasteiger partial charge in [-0.05, 0) is 48.7 Å². The summed E-state index contributed by atoms with van der Waals surface area (Å²) >= 11 is 1.64. The number of thiophene rings is 1. The molecule has 4 heterocycles. The third-order valence-corrected chi connectivity index (χ3v) is 6.06. The Bertz CT molecular complexity index is 1530. The summed E-state index contributed by atoms with van der Waals surface area (Å²) in [5, 5.41) is 10.0. The minimum Gasteiger partial charge on any atom is -0.439 e. The molecule has 4 aromatic heterocycles. The van der Waals surface area contributed by atoms with E-state index in [0.29, 0.717) is 46.0 Å². The van der Waals surface area contributed by atoms with Crippen LogP contribution >= 0.6 is 11.3 Å². The van der Waals surface area contributed by atoms with Crippen LogP contribution in [-0.4, -0.2) is 31.6 Å². The van der Waals surface area contributed by atoms with E-state index in [4.69, 9.17) is 10.5 Å². The Labute approximate surface area is 204 Å². The van der Waals surface area contributed by atoms with Gasteiger partial charge in [0.05, 0.1) is 35.6 Å². The van der Waals surface area contributed by atoms with Crippen molar-refractivity contribution < 1.29 is 14.3 Å². The number of pyridine rings is 2. The van der Waals surface area contributed by atoms with Crippen LogP contribution in [0.2, 0.25) is 0 Å². The molecule has 0 aliphatic carbocycles. The number of carbonyl (C=O) groups is 2. The van der Waals surface area contributed by atoms with Crippen molar-refractivity contribution in [3.05, 3.63) is 94.1 Å². The molecule has 0 spiro atoms. The average molecular weight is 485 g/mol. The third-order valence-electron chi connectivity index (χ3n) is 5.20. The van der Waals surface area contributed by atoms with Crippen LogP contribution in [0.5, 0.6) is 11.6 Å². The first-order valence-corrected chi connectivity index (χ1v) is 11.5. The monoisotopic (exact) mass is 484 g/mol. The standard InChI is InChI=1S/C25H20N6O3S/c1-15-10-20(21-13-28-31(24(21)29-15)14-19-6-3-9-35-19)25(33)30-17-7-8-22(27-12-17)34-18-5-2-4-16(11-18)23(26)32/h2-13H,14H2,1H3,(H2,26,32)(H,30,33). The van der Waals surface area contributed by atoms with Crippen molar-refractivity contribution >= 4 is 39.9 Å². The third kappa shape index (κ3) is 4.87. The Morgan fingerprint density at radius 2 is 2.00 bits per heavy atom. The van der Waals surface area contributed by atoms with E-state index in [1.165, 1.54) is 12.3 Å². The van der Waals surface area contributed by atoms with Gasteiger partial charge in [0.1, 0.15) is 5.75 Å². The number of amides is 2. The zero-order valence-electron chi connectivity index (χ0n) is 18.6. The fourth-order valence-corrected chi connectivity index (χ4v) is 4.26. The fraction of sp³-hybridized carbons (Fsp3) is 0.0800. The van der Waals surface area contributed by atoms with Gasteiger partial charge in [0.25, 0.3) is 5.91 Å². The van der Waals surface area contributed by atoms with Crippen molar-refractivity contribution in [2.45, 2.75) is 13.5 Å². The average Bonchev–Trinajstić information content (AvgIpc) is 3.50. The summed E-state index contributed by atoms with van der Waals surface area (Å²) in [5.41, 5.74) is 8.00. The van der Waals surface area contributed by atoms with Gasteiger partial charge in [0, 0.05) is 22.2 Å². The predicted molar refractivity (Wildman–Crippen MR) is 133 cm³/mol. The van der Waals surface area contributed by atoms with Crippen LogP contribution in [-0.2, 0) is 6.54 Å². The number of rotatable bonds is 7. The second kappa shape index (κ2) is 9.35. The first-order chi connectivity index (χ1) is 17.0. The van der Waals surface area contributed by atoms with E-state index in [9.17, 15) is 9.59 Å². The van der Waals surface area contributed by atoms with E-state index >= 15 is 0 Å². The Morgan fingerprint density at radius 1 is 1.11 bits per heavy atom. The topological polar surface area (TPSA) is 125 Å². The number of ether oxygens (including phenoxy) is 1. The quantitative estimate of drug-likeness (QED) is 0.353. The number of hydrogen-bond acceptors (Lipinski definition) is 7. The second-order valence-corrected chi connectivity index (χ2v) is 8.80. The highest BCUT2D eigenvalue weighted by molar-refractivity contribution is 7.09. The largest absolute Gasteiger partial charge is 0.439 e. The van der Waals surface area contributed by atoms with Crippen LogP contribution in [0.15, 0.2) is 72.4 Å². The van der Waals surface area contributed by atoms with E-state index in [1.807, 2.05) is 24.4 Å². The van der Waals surface area contributed by atoms with E-state index in [1.54, 1.807) is 58.6 Å². The molecular formula is C25H20N6O3S. The molecule has 35 heavy (non-hydrogen) atoms. The number of nitrogens with zero attached hydrogens (tertiary/aromatic N) is 4. The van der Waals surface area contributed by atoms with Gasteiger partial charge in [0.2, 0.25) is 11.8 Å². The van der Waals surface area contributed by atoms with Crippen molar-refractivity contribution in [1.82, 2.24) is 19.7 Å². The number of hydrogen-bond donors (Lipinski definition) is 2. The highest BCUT2D eigenvalue weighted by Gasteiger charge is 2.17. The van der Waals surface area contributed by atoms with Crippen LogP contribution in [0.4, 0.5) is 5.69 Å². The van der Waals surface area contributed by atoms with Gasteiger partial charge in [0.15, 0.2) is 5.65 Å². The molecule has 0 unspecified atom stereocenters. The number of nitrogens with one attached hydrogen (secondary N) is 1. The van der Waals surface area contributed by atoms with Crippen LogP contribution in [0, 0.1) is 6.92 Å². The lowest BCUT2D eigenvalue weighted by Gasteiger charge is -2.09. The zero-order valence-corrected chi connectivity index (χ0v) is 19.5. The highest BCUT2D eigenvalue weighted by atomic mass is 32.1. The molecule has 0 saturated carbocycles. The van der Waals surface area contributed by atoms with Gasteiger partial charge in [-0.25, -0.2) is 14.6 Å². The molecule has 0 radical (unpaired) electrons. The summed E-state index contributed by atoms with van der Waals surface area (Å²) in [6.07, 6.45) is 3.16. The maximum Gasteiger partial charge on any atom is 0.256 e. The van der Waals surface area contributed by atoms with E-state index < -0.39 is 5.91 Å². The number of carbonyl (C=O) groups excluding carboxylic acids is 2. The van der Waals surface area contributed by atoms with Crippen LogP contribution < -0.4 is 15.8 Å². The lowest BCUT2D eigenvalue weighted by atomic mass is 10.1. The lowest BCUT2D eigenvalue weighted by Crippen LogP contribution is -2.13. The molecule has 2 amide bonds. The van der Waals surface area contributed by atoms with E-state index in [2.05, 4.69) is 20.4 Å². The molecule has 9 nitrogen and oxygen atoms in total. The normalized spacial score (nSPS) is 10.9. The molecule has 3 N–H and O–H groups in total. The summed E-state index contributed by atoms with van der Waals surface area (Å²) in [4.78, 5) is 34.4. The Hall–Kier alpha value is -4.57. The Balaban J connectivity index is 1.33. The molecular weight excluding hydrogens is 464 g/mol. The predicted octanol–water partition coefficient (Wildman–Crippen LogP) is 4.39. The minimum atomic E-state index is -0.543. The van der Waals surface area contributed by atoms with E-state index in [-0.39, 0.29) is 5.91 Å². The van der Waals surface area contributed by atoms with Gasteiger partial charge in [-0.15, -0.1) is 11.3 Å². The molecule has 0 aliphatic heterocycles. The summed E-state index contributed by atoms with van der Waals surface area (Å²) in [7, 11) is 0. The summed E-state index contributed by atoms with van der Waals surface area (Å²) in [5.74, 6) is -0.0961. The smallest absolute Gasteiger partial charge is 0.256 e. The molecule has 0 bridgehead atoms. The molecule has 5 rings (SSSR count). The molecule has 174 valence electrons. The summed E-state index contributed by atoms with van der Waals surface area (Å²) in [6, 6.07) is 15.6. The molecule has 0 saturated heterocycles. The van der Waals surface area contributed by atoms with Crippen LogP contribution in [0.1, 0.15) is 31.3 Å². The van der Waals surface area contributed by atoms with Crippen molar-refractivity contribution in [3.8, 4) is 11.6 Å². The number of aryl methyl sites for hydroxylation is 1.